The molecule has 0 unspecified atom stereocenters. The second-order valence-corrected chi connectivity index (χ2v) is 3.31. The van der Waals surface area contributed by atoms with Crippen LogP contribution >= 0.6 is 0 Å². The van der Waals surface area contributed by atoms with Crippen LogP contribution in [0.5, 0.6) is 0 Å². The predicted octanol–water partition coefficient (Wildman–Crippen LogP) is 4.01. The lowest BCUT2D eigenvalue weighted by atomic mass is 9.94. The average molecular weight is 202 g/mol. The maximum absolute atomic E-state index is 12.9. The van der Waals surface area contributed by atoms with Gasteiger partial charge in [-0.05, 0) is 36.5 Å². The van der Waals surface area contributed by atoms with Gasteiger partial charge in [-0.1, -0.05) is 13.8 Å². The fourth-order valence-electron chi connectivity index (χ4n) is 1.57. The van der Waals surface area contributed by atoms with Gasteiger partial charge in [0.15, 0.2) is 17.5 Å². The molecule has 0 aliphatic heterocycles. The van der Waals surface area contributed by atoms with E-state index in [2.05, 4.69) is 0 Å². The zero-order chi connectivity index (χ0) is 10.7. The van der Waals surface area contributed by atoms with E-state index in [0.717, 1.165) is 25.0 Å². The first-order valence-electron chi connectivity index (χ1n) is 4.74. The molecule has 0 aromatic heterocycles. The van der Waals surface area contributed by atoms with Gasteiger partial charge in [0.05, 0.1) is 0 Å². The van der Waals surface area contributed by atoms with Crippen LogP contribution in [0.2, 0.25) is 0 Å². The molecule has 0 atom stereocenters. The Balaban J connectivity index is 3.11. The summed E-state index contributed by atoms with van der Waals surface area (Å²) in [5.41, 5.74) is 0.534. The molecular formula is C11H13F3. The molecule has 1 aromatic rings. The molecule has 0 bridgehead atoms. The van der Waals surface area contributed by atoms with Crippen molar-refractivity contribution in [2.75, 3.05) is 0 Å². The van der Waals surface area contributed by atoms with Crippen LogP contribution in [0.25, 0.3) is 0 Å². The van der Waals surface area contributed by atoms with E-state index >= 15 is 0 Å². The Kier molecular flexibility index (Phi) is 3.55. The van der Waals surface area contributed by atoms with Gasteiger partial charge in [0.25, 0.3) is 0 Å². The normalized spacial score (nSPS) is 11.0. The van der Waals surface area contributed by atoms with Gasteiger partial charge >= 0.3 is 0 Å². The predicted molar refractivity (Wildman–Crippen MR) is 49.6 cm³/mol. The van der Waals surface area contributed by atoms with Gasteiger partial charge in [0, 0.05) is 0 Å². The van der Waals surface area contributed by atoms with Crippen LogP contribution in [0, 0.1) is 17.5 Å². The molecule has 0 heterocycles. The number of benzene rings is 1. The second kappa shape index (κ2) is 4.49. The topological polar surface area (TPSA) is 0 Å². The van der Waals surface area contributed by atoms with E-state index in [1.165, 1.54) is 0 Å². The zero-order valence-corrected chi connectivity index (χ0v) is 8.28. The first-order valence-corrected chi connectivity index (χ1v) is 4.74. The Morgan fingerprint density at radius 2 is 1.43 bits per heavy atom. The van der Waals surface area contributed by atoms with Crippen molar-refractivity contribution in [2.45, 2.75) is 32.6 Å². The third-order valence-electron chi connectivity index (χ3n) is 2.46. The Morgan fingerprint density at radius 1 is 1.00 bits per heavy atom. The minimum atomic E-state index is -1.39. The van der Waals surface area contributed by atoms with Gasteiger partial charge in [0.2, 0.25) is 0 Å². The van der Waals surface area contributed by atoms with E-state index in [9.17, 15) is 13.2 Å². The molecule has 78 valence electrons. The molecule has 0 saturated heterocycles. The summed E-state index contributed by atoms with van der Waals surface area (Å²) in [4.78, 5) is 0. The molecule has 0 saturated carbocycles. The highest BCUT2D eigenvalue weighted by atomic mass is 19.2. The number of hydrogen-bond donors (Lipinski definition) is 0. The molecular weight excluding hydrogens is 189 g/mol. The first kappa shape index (κ1) is 11.1. The van der Waals surface area contributed by atoms with Crippen LogP contribution in [-0.4, -0.2) is 0 Å². The SMILES string of the molecule is CCC(CC)c1cc(F)c(F)c(F)c1. The highest BCUT2D eigenvalue weighted by molar-refractivity contribution is 5.22. The van der Waals surface area contributed by atoms with E-state index in [4.69, 9.17) is 0 Å². The number of hydrogen-bond acceptors (Lipinski definition) is 0. The molecule has 0 aliphatic carbocycles. The molecule has 3 heteroatoms. The van der Waals surface area contributed by atoms with Crippen LogP contribution in [0.3, 0.4) is 0 Å². The summed E-state index contributed by atoms with van der Waals surface area (Å²) < 4.78 is 38.3. The molecule has 1 aromatic carbocycles. The molecule has 0 amide bonds. The van der Waals surface area contributed by atoms with E-state index in [0.29, 0.717) is 5.56 Å². The summed E-state index contributed by atoms with van der Waals surface area (Å²) in [6, 6.07) is 2.16. The zero-order valence-electron chi connectivity index (χ0n) is 8.28. The van der Waals surface area contributed by atoms with Crippen molar-refractivity contribution in [2.24, 2.45) is 0 Å². The van der Waals surface area contributed by atoms with Crippen molar-refractivity contribution < 1.29 is 13.2 Å². The molecule has 1 rings (SSSR count). The van der Waals surface area contributed by atoms with Crippen molar-refractivity contribution in [1.29, 1.82) is 0 Å². The van der Waals surface area contributed by atoms with Crippen molar-refractivity contribution in [1.82, 2.24) is 0 Å². The maximum Gasteiger partial charge on any atom is 0.194 e. The number of halogens is 3. The second-order valence-electron chi connectivity index (χ2n) is 3.31. The highest BCUT2D eigenvalue weighted by Crippen LogP contribution is 2.25. The lowest BCUT2D eigenvalue weighted by Gasteiger charge is -2.12. The molecule has 14 heavy (non-hydrogen) atoms. The lowest BCUT2D eigenvalue weighted by Crippen LogP contribution is -2.00. The van der Waals surface area contributed by atoms with Crippen molar-refractivity contribution >= 4 is 0 Å². The van der Waals surface area contributed by atoms with E-state index < -0.39 is 17.5 Å². The summed E-state index contributed by atoms with van der Waals surface area (Å²) >= 11 is 0. The molecule has 0 fully saturated rings. The fourth-order valence-corrected chi connectivity index (χ4v) is 1.57. The smallest absolute Gasteiger partial charge is 0.194 e. The Hall–Kier alpha value is -0.990. The lowest BCUT2D eigenvalue weighted by molar-refractivity contribution is 0.442. The van der Waals surface area contributed by atoms with Crippen molar-refractivity contribution in [3.05, 3.63) is 35.1 Å². The van der Waals surface area contributed by atoms with Crippen molar-refractivity contribution in [3.8, 4) is 0 Å². The van der Waals surface area contributed by atoms with E-state index in [1.54, 1.807) is 0 Å². The minimum absolute atomic E-state index is 0.0969. The number of rotatable bonds is 3. The molecule has 0 aliphatic rings. The van der Waals surface area contributed by atoms with E-state index in [1.807, 2.05) is 13.8 Å². The Morgan fingerprint density at radius 3 is 1.79 bits per heavy atom. The monoisotopic (exact) mass is 202 g/mol. The van der Waals surface area contributed by atoms with E-state index in [-0.39, 0.29) is 5.92 Å². The van der Waals surface area contributed by atoms with Gasteiger partial charge in [-0.3, -0.25) is 0 Å². The largest absolute Gasteiger partial charge is 0.204 e. The first-order chi connectivity index (χ1) is 6.60. The van der Waals surface area contributed by atoms with Gasteiger partial charge in [-0.15, -0.1) is 0 Å². The summed E-state index contributed by atoms with van der Waals surface area (Å²) in [6.07, 6.45) is 1.59. The van der Waals surface area contributed by atoms with Gasteiger partial charge in [-0.2, -0.15) is 0 Å². The summed E-state index contributed by atoms with van der Waals surface area (Å²) in [5.74, 6) is -3.50. The molecule has 0 nitrogen and oxygen atoms in total. The molecule has 0 radical (unpaired) electrons. The van der Waals surface area contributed by atoms with Crippen LogP contribution in [-0.2, 0) is 0 Å². The average Bonchev–Trinajstić information content (AvgIpc) is 2.16. The minimum Gasteiger partial charge on any atom is -0.204 e. The van der Waals surface area contributed by atoms with Crippen molar-refractivity contribution in [3.63, 3.8) is 0 Å². The third kappa shape index (κ3) is 2.08. The van der Waals surface area contributed by atoms with Crippen LogP contribution in [0.15, 0.2) is 12.1 Å². The van der Waals surface area contributed by atoms with Gasteiger partial charge in [-0.25, -0.2) is 13.2 Å². The maximum atomic E-state index is 12.9. The third-order valence-corrected chi connectivity index (χ3v) is 2.46. The molecule has 0 spiro atoms. The van der Waals surface area contributed by atoms with Crippen LogP contribution in [0.1, 0.15) is 38.2 Å². The standard InChI is InChI=1S/C11H13F3/c1-3-7(4-2)8-5-9(12)11(14)10(13)6-8/h5-7H,3-4H2,1-2H3. The van der Waals surface area contributed by atoms with Crippen LogP contribution in [0.4, 0.5) is 13.2 Å². The summed E-state index contributed by atoms with van der Waals surface area (Å²) in [6.45, 7) is 3.88. The van der Waals surface area contributed by atoms with Crippen LogP contribution < -0.4 is 0 Å². The fraction of sp³-hybridized carbons (Fsp3) is 0.455. The Bertz CT molecular complexity index is 293. The van der Waals surface area contributed by atoms with Gasteiger partial charge < -0.3 is 0 Å². The van der Waals surface area contributed by atoms with Gasteiger partial charge in [0.1, 0.15) is 0 Å². The summed E-state index contributed by atoms with van der Waals surface area (Å²) in [7, 11) is 0. The highest BCUT2D eigenvalue weighted by Gasteiger charge is 2.14. The summed E-state index contributed by atoms with van der Waals surface area (Å²) in [5, 5.41) is 0. The Labute approximate surface area is 81.8 Å². The molecule has 0 N–H and O–H groups in total. The quantitative estimate of drug-likeness (QED) is 0.650.